The second-order valence-electron chi connectivity index (χ2n) is 5.17. The van der Waals surface area contributed by atoms with Gasteiger partial charge in [-0.3, -0.25) is 10.1 Å². The zero-order valence-electron chi connectivity index (χ0n) is 12.6. The molecule has 0 saturated carbocycles. The summed E-state index contributed by atoms with van der Waals surface area (Å²) in [5.41, 5.74) is -0.331. The molecule has 9 heteroatoms. The lowest BCUT2D eigenvalue weighted by Crippen LogP contribution is -2.16. The summed E-state index contributed by atoms with van der Waals surface area (Å²) in [7, 11) is -9.47. The summed E-state index contributed by atoms with van der Waals surface area (Å²) >= 11 is 0. The molecule has 0 aliphatic rings. The molecule has 3 rings (SSSR count). The van der Waals surface area contributed by atoms with Crippen LogP contribution < -0.4 is 0 Å². The Balaban J connectivity index is 2.12. The molecule has 25 heavy (non-hydrogen) atoms. The van der Waals surface area contributed by atoms with Gasteiger partial charge in [0.15, 0.2) is 0 Å². The number of non-ortho nitro benzene ring substituents is 1. The molecular weight excluding hydrogens is 366 g/mol. The van der Waals surface area contributed by atoms with Crippen molar-refractivity contribution in [2.75, 3.05) is 0 Å². The van der Waals surface area contributed by atoms with E-state index in [2.05, 4.69) is 0 Å². The van der Waals surface area contributed by atoms with E-state index in [-0.39, 0.29) is 10.6 Å². The highest BCUT2D eigenvalue weighted by Crippen LogP contribution is 2.28. The van der Waals surface area contributed by atoms with Gasteiger partial charge < -0.3 is 0 Å². The molecule has 0 spiro atoms. The van der Waals surface area contributed by atoms with Gasteiger partial charge in [-0.05, 0) is 35.0 Å². The molecule has 7 nitrogen and oxygen atoms in total. The van der Waals surface area contributed by atoms with E-state index < -0.39 is 27.6 Å². The highest BCUT2D eigenvalue weighted by Gasteiger charge is 2.34. The fourth-order valence-corrected chi connectivity index (χ4v) is 5.96. The second-order valence-corrected chi connectivity index (χ2v) is 10.6. The van der Waals surface area contributed by atoms with E-state index in [1.165, 1.54) is 18.2 Å². The Morgan fingerprint density at radius 1 is 0.680 bits per heavy atom. The van der Waals surface area contributed by atoms with Crippen LogP contribution in [0.15, 0.2) is 76.5 Å². The smallest absolute Gasteiger partial charge is 0.258 e. The van der Waals surface area contributed by atoms with Crippen molar-refractivity contribution < 1.29 is 21.8 Å². The summed E-state index contributed by atoms with van der Waals surface area (Å²) in [6.45, 7) is 0. The van der Waals surface area contributed by atoms with Gasteiger partial charge in [0.05, 0.1) is 14.7 Å². The summed E-state index contributed by atoms with van der Waals surface area (Å²) in [4.78, 5) is 9.06. The molecular formula is C16H11NO6S2. The molecule has 0 amide bonds. The van der Waals surface area contributed by atoms with Crippen LogP contribution in [0.4, 0.5) is 5.69 Å². The minimum Gasteiger partial charge on any atom is -0.258 e. The van der Waals surface area contributed by atoms with Crippen molar-refractivity contribution in [1.82, 2.24) is 0 Å². The number of nitro benzene ring substituents is 1. The Kier molecular flexibility index (Phi) is 4.05. The van der Waals surface area contributed by atoms with Crippen molar-refractivity contribution in [3.05, 3.63) is 76.8 Å². The van der Waals surface area contributed by atoms with Crippen molar-refractivity contribution in [1.29, 1.82) is 0 Å². The number of nitrogens with zero attached hydrogens (tertiary/aromatic N) is 1. The topological polar surface area (TPSA) is 111 Å². The number of hydrogen-bond acceptors (Lipinski definition) is 6. The fraction of sp³-hybridized carbons (Fsp3) is 0. The first kappa shape index (κ1) is 17.1. The molecule has 0 unspecified atom stereocenters. The van der Waals surface area contributed by atoms with Gasteiger partial charge >= 0.3 is 0 Å². The van der Waals surface area contributed by atoms with Crippen molar-refractivity contribution in [3.8, 4) is 0 Å². The average molecular weight is 377 g/mol. The van der Waals surface area contributed by atoms with E-state index in [9.17, 15) is 26.9 Å². The Hall–Kier alpha value is -2.78. The highest BCUT2D eigenvalue weighted by molar-refractivity contribution is 8.67. The minimum atomic E-state index is -4.75. The fourth-order valence-electron chi connectivity index (χ4n) is 2.31. The first-order chi connectivity index (χ1) is 11.7. The van der Waals surface area contributed by atoms with Crippen LogP contribution in [0.25, 0.3) is 10.8 Å². The van der Waals surface area contributed by atoms with Gasteiger partial charge in [-0.15, -0.1) is 0 Å². The lowest BCUT2D eigenvalue weighted by molar-refractivity contribution is -0.384. The third-order valence-corrected chi connectivity index (χ3v) is 8.78. The number of hydrogen-bond donors (Lipinski definition) is 0. The summed E-state index contributed by atoms with van der Waals surface area (Å²) in [6.07, 6.45) is 0. The van der Waals surface area contributed by atoms with Crippen LogP contribution in [0.2, 0.25) is 0 Å². The maximum absolute atomic E-state index is 12.6. The van der Waals surface area contributed by atoms with E-state index in [1.54, 1.807) is 24.3 Å². The molecule has 3 aromatic carbocycles. The van der Waals surface area contributed by atoms with Crippen molar-refractivity contribution in [3.63, 3.8) is 0 Å². The van der Waals surface area contributed by atoms with Crippen molar-refractivity contribution in [2.45, 2.75) is 9.79 Å². The summed E-state index contributed by atoms with van der Waals surface area (Å²) < 4.78 is 50.2. The molecule has 128 valence electrons. The van der Waals surface area contributed by atoms with Gasteiger partial charge in [0.2, 0.25) is 0 Å². The Morgan fingerprint density at radius 2 is 1.20 bits per heavy atom. The first-order valence-electron chi connectivity index (χ1n) is 6.97. The maximum Gasteiger partial charge on any atom is 0.286 e. The van der Waals surface area contributed by atoms with Gasteiger partial charge in [-0.25, -0.2) is 16.8 Å². The van der Waals surface area contributed by atoms with Crippen molar-refractivity contribution in [2.24, 2.45) is 0 Å². The molecule has 0 saturated heterocycles. The molecule has 0 heterocycles. The van der Waals surface area contributed by atoms with Crippen LogP contribution in [-0.2, 0) is 17.7 Å². The summed E-state index contributed by atoms with van der Waals surface area (Å²) in [6, 6.07) is 14.7. The molecule has 0 aliphatic carbocycles. The van der Waals surface area contributed by atoms with Crippen LogP contribution in [0.5, 0.6) is 0 Å². The zero-order valence-corrected chi connectivity index (χ0v) is 14.2. The number of fused-ring (bicyclic) bond motifs is 1. The van der Waals surface area contributed by atoms with Gasteiger partial charge in [-0.2, -0.15) is 0 Å². The van der Waals surface area contributed by atoms with E-state index in [1.807, 2.05) is 0 Å². The van der Waals surface area contributed by atoms with Gasteiger partial charge in [0, 0.05) is 12.1 Å². The predicted octanol–water partition coefficient (Wildman–Crippen LogP) is 2.91. The Labute approximate surface area is 142 Å². The normalized spacial score (nSPS) is 12.2. The molecule has 0 fully saturated rings. The van der Waals surface area contributed by atoms with Crippen LogP contribution >= 0.6 is 0 Å². The second kappa shape index (κ2) is 5.94. The molecule has 0 N–H and O–H groups in total. The lowest BCUT2D eigenvalue weighted by atomic mass is 10.1. The number of rotatable bonds is 4. The average Bonchev–Trinajstić information content (AvgIpc) is 2.61. The standard InChI is InChI=1S/C16H11NO6S2/c18-17(19)14-6-9-15(10-7-14)24(20,21)25(22,23)16-8-5-12-3-1-2-4-13(12)11-16/h1-11H. The zero-order chi connectivity index (χ0) is 18.2. The Bertz CT molecular complexity index is 1180. The van der Waals surface area contributed by atoms with Crippen LogP contribution in [0.3, 0.4) is 0 Å². The van der Waals surface area contributed by atoms with Gasteiger partial charge in [-0.1, -0.05) is 30.3 Å². The molecule has 3 aromatic rings. The monoisotopic (exact) mass is 377 g/mol. The van der Waals surface area contributed by atoms with E-state index >= 15 is 0 Å². The SMILES string of the molecule is O=[N+]([O-])c1ccc(S(=O)(=O)S(=O)(=O)c2ccc3ccccc3c2)cc1. The molecule has 0 aliphatic heterocycles. The largest absolute Gasteiger partial charge is 0.286 e. The quantitative estimate of drug-likeness (QED) is 0.393. The molecule has 0 bridgehead atoms. The van der Waals surface area contributed by atoms with Gasteiger partial charge in [0.1, 0.15) is 0 Å². The maximum atomic E-state index is 12.6. The Morgan fingerprint density at radius 3 is 1.80 bits per heavy atom. The van der Waals surface area contributed by atoms with E-state index in [4.69, 9.17) is 0 Å². The molecule has 0 radical (unpaired) electrons. The van der Waals surface area contributed by atoms with Gasteiger partial charge in [0.25, 0.3) is 23.4 Å². The third kappa shape index (κ3) is 2.87. The van der Waals surface area contributed by atoms with Crippen molar-refractivity contribution >= 4 is 34.2 Å². The van der Waals surface area contributed by atoms with Crippen LogP contribution in [0, 0.1) is 10.1 Å². The minimum absolute atomic E-state index is 0.331. The molecule has 0 aromatic heterocycles. The predicted molar refractivity (Wildman–Crippen MR) is 91.4 cm³/mol. The van der Waals surface area contributed by atoms with Crippen LogP contribution in [-0.4, -0.2) is 21.8 Å². The first-order valence-corrected chi connectivity index (χ1v) is 10.5. The number of nitro groups is 1. The molecule has 0 atom stereocenters. The summed E-state index contributed by atoms with van der Waals surface area (Å²) in [5.74, 6) is 0. The highest BCUT2D eigenvalue weighted by atomic mass is 33.2. The number of benzene rings is 3. The van der Waals surface area contributed by atoms with E-state index in [0.29, 0.717) is 5.39 Å². The van der Waals surface area contributed by atoms with E-state index in [0.717, 1.165) is 29.7 Å². The van der Waals surface area contributed by atoms with Crippen LogP contribution in [0.1, 0.15) is 0 Å². The third-order valence-electron chi connectivity index (χ3n) is 3.63. The summed E-state index contributed by atoms with van der Waals surface area (Å²) in [5, 5.41) is 12.0. The lowest BCUT2D eigenvalue weighted by Gasteiger charge is -2.07.